The maximum atomic E-state index is 14.4. The zero-order valence-electron chi connectivity index (χ0n) is 18.3. The van der Waals surface area contributed by atoms with Crippen molar-refractivity contribution in [3.63, 3.8) is 0 Å². The van der Waals surface area contributed by atoms with Crippen molar-refractivity contribution in [1.82, 2.24) is 19.7 Å². The molecule has 0 radical (unpaired) electrons. The molecule has 0 aliphatic carbocycles. The molecule has 0 spiro atoms. The fraction of sp³-hybridized carbons (Fsp3) is 0.292. The summed E-state index contributed by atoms with van der Waals surface area (Å²) in [5.74, 6) is -0.825. The number of piperazine rings is 1. The summed E-state index contributed by atoms with van der Waals surface area (Å²) in [5.41, 5.74) is 3.43. The highest BCUT2D eigenvalue weighted by atomic mass is 19.1. The minimum Gasteiger partial charge on any atom is -0.368 e. The number of hydrogen-bond donors (Lipinski definition) is 2. The topological polar surface area (TPSA) is 74.6 Å². The Morgan fingerprint density at radius 3 is 2.75 bits per heavy atom. The lowest BCUT2D eigenvalue weighted by Gasteiger charge is -2.38. The van der Waals surface area contributed by atoms with E-state index < -0.39 is 5.82 Å². The molecular formula is C24H25FN6O. The number of carbonyl (C=O) groups is 1. The average Bonchev–Trinajstić information content (AvgIpc) is 3.13. The van der Waals surface area contributed by atoms with Crippen molar-refractivity contribution in [1.29, 1.82) is 0 Å². The van der Waals surface area contributed by atoms with Crippen LogP contribution >= 0.6 is 0 Å². The number of anilines is 2. The summed E-state index contributed by atoms with van der Waals surface area (Å²) in [6.07, 6.45) is 5.06. The first-order valence-corrected chi connectivity index (χ1v) is 10.7. The van der Waals surface area contributed by atoms with Crippen molar-refractivity contribution in [2.75, 3.05) is 23.3 Å². The Labute approximate surface area is 185 Å². The standard InChI is InChI=1S/C24H25FN6O/c1-14-10-30(11-15(2)27-14)21-7-6-19(22-18(21)5-4-8-26-22)24(32)29-17-9-20(25)23-28-16(3)12-31(23)13-17/h4-9,12-15,27H,10-11H2,1-3H3,(H,29,32)/t14-,15-/m0/s1. The van der Waals surface area contributed by atoms with Gasteiger partial charge < -0.3 is 19.9 Å². The van der Waals surface area contributed by atoms with Gasteiger partial charge in [-0.1, -0.05) is 0 Å². The molecular weight excluding hydrogens is 407 g/mol. The minimum absolute atomic E-state index is 0.233. The Balaban J connectivity index is 1.50. The third-order valence-corrected chi connectivity index (χ3v) is 5.77. The number of nitrogens with zero attached hydrogens (tertiary/aromatic N) is 4. The van der Waals surface area contributed by atoms with E-state index in [-0.39, 0.29) is 11.6 Å². The highest BCUT2D eigenvalue weighted by Gasteiger charge is 2.24. The van der Waals surface area contributed by atoms with Gasteiger partial charge in [0.2, 0.25) is 0 Å². The first-order valence-electron chi connectivity index (χ1n) is 10.7. The normalized spacial score (nSPS) is 18.9. The van der Waals surface area contributed by atoms with Crippen LogP contribution in [0.25, 0.3) is 16.6 Å². The third kappa shape index (κ3) is 3.67. The van der Waals surface area contributed by atoms with Crippen molar-refractivity contribution in [3.8, 4) is 0 Å². The van der Waals surface area contributed by atoms with Gasteiger partial charge in [-0.2, -0.15) is 0 Å². The van der Waals surface area contributed by atoms with Crippen molar-refractivity contribution >= 4 is 33.8 Å². The summed E-state index contributed by atoms with van der Waals surface area (Å²) in [4.78, 5) is 24.2. The molecule has 8 heteroatoms. The number of imidazole rings is 1. The first-order chi connectivity index (χ1) is 15.4. The molecule has 0 bridgehead atoms. The van der Waals surface area contributed by atoms with Crippen LogP contribution in [0.5, 0.6) is 0 Å². The number of rotatable bonds is 3. The van der Waals surface area contributed by atoms with Crippen LogP contribution in [0.4, 0.5) is 15.8 Å². The molecule has 1 aliphatic rings. The Bertz CT molecular complexity index is 1320. The van der Waals surface area contributed by atoms with E-state index in [1.165, 1.54) is 6.07 Å². The molecule has 2 atom stereocenters. The zero-order chi connectivity index (χ0) is 22.4. The first kappa shape index (κ1) is 20.4. The van der Waals surface area contributed by atoms with Gasteiger partial charge in [-0.25, -0.2) is 9.37 Å². The fourth-order valence-corrected chi connectivity index (χ4v) is 4.59. The van der Waals surface area contributed by atoms with Crippen molar-refractivity contribution in [2.24, 2.45) is 0 Å². The van der Waals surface area contributed by atoms with E-state index in [1.807, 2.05) is 18.2 Å². The van der Waals surface area contributed by atoms with E-state index in [2.05, 4.69) is 39.3 Å². The van der Waals surface area contributed by atoms with Crippen LogP contribution in [-0.4, -0.2) is 45.4 Å². The van der Waals surface area contributed by atoms with Crippen LogP contribution in [0.15, 0.2) is 48.9 Å². The predicted octanol–water partition coefficient (Wildman–Crippen LogP) is 3.77. The summed E-state index contributed by atoms with van der Waals surface area (Å²) >= 11 is 0. The summed E-state index contributed by atoms with van der Waals surface area (Å²) in [6, 6.07) is 9.67. The van der Waals surface area contributed by atoms with Gasteiger partial charge in [0.25, 0.3) is 5.91 Å². The zero-order valence-corrected chi connectivity index (χ0v) is 18.3. The van der Waals surface area contributed by atoms with Gasteiger partial charge in [0.05, 0.1) is 22.5 Å². The maximum absolute atomic E-state index is 14.4. The van der Waals surface area contributed by atoms with Crippen molar-refractivity contribution in [3.05, 3.63) is 66.0 Å². The molecule has 4 aromatic rings. The van der Waals surface area contributed by atoms with Crippen LogP contribution in [0.3, 0.4) is 0 Å². The summed E-state index contributed by atoms with van der Waals surface area (Å²) in [5, 5.41) is 7.28. The number of nitrogens with one attached hydrogen (secondary N) is 2. The summed E-state index contributed by atoms with van der Waals surface area (Å²) in [7, 11) is 0. The number of benzene rings is 1. The van der Waals surface area contributed by atoms with E-state index >= 15 is 0 Å². The molecule has 164 valence electrons. The van der Waals surface area contributed by atoms with Crippen LogP contribution < -0.4 is 15.5 Å². The van der Waals surface area contributed by atoms with Crippen molar-refractivity contribution in [2.45, 2.75) is 32.9 Å². The number of pyridine rings is 2. The Kier molecular flexibility index (Phi) is 5.01. The third-order valence-electron chi connectivity index (χ3n) is 5.77. The van der Waals surface area contributed by atoms with E-state index in [0.717, 1.165) is 24.2 Å². The number of carbonyl (C=O) groups excluding carboxylic acids is 1. The monoisotopic (exact) mass is 432 g/mol. The van der Waals surface area contributed by atoms with E-state index in [4.69, 9.17) is 0 Å². The molecule has 32 heavy (non-hydrogen) atoms. The maximum Gasteiger partial charge on any atom is 0.257 e. The highest BCUT2D eigenvalue weighted by Crippen LogP contribution is 2.30. The number of hydrogen-bond acceptors (Lipinski definition) is 5. The van der Waals surface area contributed by atoms with Crippen molar-refractivity contribution < 1.29 is 9.18 Å². The van der Waals surface area contributed by atoms with Gasteiger partial charge in [-0.05, 0) is 45.0 Å². The van der Waals surface area contributed by atoms with Crippen LogP contribution in [0, 0.1) is 12.7 Å². The Morgan fingerprint density at radius 1 is 1.19 bits per heavy atom. The number of aromatic nitrogens is 3. The molecule has 0 saturated carbocycles. The largest absolute Gasteiger partial charge is 0.368 e. The fourth-order valence-electron chi connectivity index (χ4n) is 4.59. The van der Waals surface area contributed by atoms with Gasteiger partial charge in [0.1, 0.15) is 0 Å². The van der Waals surface area contributed by atoms with Gasteiger partial charge in [-0.3, -0.25) is 9.78 Å². The highest BCUT2D eigenvalue weighted by molar-refractivity contribution is 6.13. The number of fused-ring (bicyclic) bond motifs is 2. The SMILES string of the molecule is Cc1cn2cc(NC(=O)c3ccc(N4C[C@H](C)N[C@@H](C)C4)c4cccnc34)cc(F)c2n1. The molecule has 7 nitrogen and oxygen atoms in total. The second-order valence-electron chi connectivity index (χ2n) is 8.55. The summed E-state index contributed by atoms with van der Waals surface area (Å²) in [6.45, 7) is 7.89. The molecule has 0 unspecified atom stereocenters. The quantitative estimate of drug-likeness (QED) is 0.516. The second-order valence-corrected chi connectivity index (χ2v) is 8.55. The average molecular weight is 433 g/mol. The second kappa shape index (κ2) is 7.87. The molecule has 4 heterocycles. The van der Waals surface area contributed by atoms with Crippen LogP contribution in [-0.2, 0) is 0 Å². The number of amides is 1. The lowest BCUT2D eigenvalue weighted by molar-refractivity contribution is 0.102. The smallest absolute Gasteiger partial charge is 0.257 e. The number of aryl methyl sites for hydroxylation is 1. The van der Waals surface area contributed by atoms with Gasteiger partial charge in [0, 0.05) is 60.9 Å². The van der Waals surface area contributed by atoms with E-state index in [1.54, 1.807) is 36.0 Å². The molecule has 1 amide bonds. The predicted molar refractivity (Wildman–Crippen MR) is 124 cm³/mol. The molecule has 5 rings (SSSR count). The molecule has 2 N–H and O–H groups in total. The molecule has 1 saturated heterocycles. The lowest BCUT2D eigenvalue weighted by atomic mass is 10.0. The molecule has 1 aromatic carbocycles. The molecule has 3 aromatic heterocycles. The number of halogens is 1. The van der Waals surface area contributed by atoms with Crippen LogP contribution in [0.1, 0.15) is 29.9 Å². The Morgan fingerprint density at radius 2 is 1.97 bits per heavy atom. The van der Waals surface area contributed by atoms with Gasteiger partial charge in [-0.15, -0.1) is 0 Å². The minimum atomic E-state index is -0.490. The summed E-state index contributed by atoms with van der Waals surface area (Å²) < 4.78 is 16.0. The van der Waals surface area contributed by atoms with Crippen LogP contribution in [0.2, 0.25) is 0 Å². The van der Waals surface area contributed by atoms with Gasteiger partial charge >= 0.3 is 0 Å². The van der Waals surface area contributed by atoms with E-state index in [0.29, 0.717) is 34.5 Å². The van der Waals surface area contributed by atoms with Gasteiger partial charge in [0.15, 0.2) is 11.5 Å². The molecule has 1 fully saturated rings. The molecule has 1 aliphatic heterocycles. The van der Waals surface area contributed by atoms with E-state index in [9.17, 15) is 9.18 Å². The lowest BCUT2D eigenvalue weighted by Crippen LogP contribution is -2.54. The Hall–Kier alpha value is -3.52.